The van der Waals surface area contributed by atoms with Gasteiger partial charge in [-0.05, 0) is 42.3 Å². The van der Waals surface area contributed by atoms with Crippen molar-refractivity contribution in [2.24, 2.45) is 0 Å². The SMILES string of the molecule is CCOc1cc(CNCC(=O)O)ccc1OCc1ccc(Cl)cc1. The molecular formula is C18H20ClNO4. The van der Waals surface area contributed by atoms with Crippen LogP contribution in [0.25, 0.3) is 0 Å². The maximum absolute atomic E-state index is 10.5. The number of nitrogens with one attached hydrogen (secondary N) is 1. The zero-order valence-electron chi connectivity index (χ0n) is 13.4. The zero-order chi connectivity index (χ0) is 17.4. The number of aliphatic carboxylic acids is 1. The van der Waals surface area contributed by atoms with Gasteiger partial charge < -0.3 is 19.9 Å². The van der Waals surface area contributed by atoms with Gasteiger partial charge in [-0.3, -0.25) is 4.79 Å². The molecule has 0 unspecified atom stereocenters. The van der Waals surface area contributed by atoms with Crippen LogP contribution in [-0.2, 0) is 17.9 Å². The summed E-state index contributed by atoms with van der Waals surface area (Å²) >= 11 is 5.87. The van der Waals surface area contributed by atoms with Gasteiger partial charge in [0.15, 0.2) is 11.5 Å². The Morgan fingerprint density at radius 2 is 1.79 bits per heavy atom. The van der Waals surface area contributed by atoms with Gasteiger partial charge >= 0.3 is 5.97 Å². The maximum Gasteiger partial charge on any atom is 0.317 e. The Kier molecular flexibility index (Phi) is 6.90. The number of halogens is 1. The molecule has 0 amide bonds. The van der Waals surface area contributed by atoms with E-state index in [1.165, 1.54) is 0 Å². The highest BCUT2D eigenvalue weighted by atomic mass is 35.5. The third-order valence-electron chi connectivity index (χ3n) is 3.22. The van der Waals surface area contributed by atoms with Crippen LogP contribution in [0.1, 0.15) is 18.1 Å². The number of rotatable bonds is 9. The first-order valence-electron chi connectivity index (χ1n) is 7.64. The predicted octanol–water partition coefficient (Wildman–Crippen LogP) is 3.49. The lowest BCUT2D eigenvalue weighted by atomic mass is 10.2. The van der Waals surface area contributed by atoms with E-state index >= 15 is 0 Å². The third kappa shape index (κ3) is 5.76. The summed E-state index contributed by atoms with van der Waals surface area (Å²) in [6.07, 6.45) is 0. The van der Waals surface area contributed by atoms with Crippen LogP contribution in [0.4, 0.5) is 0 Å². The molecule has 0 atom stereocenters. The van der Waals surface area contributed by atoms with Gasteiger partial charge in [0.1, 0.15) is 6.61 Å². The highest BCUT2D eigenvalue weighted by Gasteiger charge is 2.07. The summed E-state index contributed by atoms with van der Waals surface area (Å²) in [4.78, 5) is 10.5. The molecule has 0 saturated heterocycles. The predicted molar refractivity (Wildman–Crippen MR) is 92.7 cm³/mol. The van der Waals surface area contributed by atoms with Crippen LogP contribution < -0.4 is 14.8 Å². The summed E-state index contributed by atoms with van der Waals surface area (Å²) in [5, 5.41) is 12.2. The Morgan fingerprint density at radius 1 is 1.08 bits per heavy atom. The van der Waals surface area contributed by atoms with E-state index in [1.54, 1.807) is 0 Å². The molecule has 0 aliphatic heterocycles. The van der Waals surface area contributed by atoms with Crippen molar-refractivity contribution in [2.45, 2.75) is 20.1 Å². The second-order valence-corrected chi connectivity index (χ2v) is 5.56. The van der Waals surface area contributed by atoms with Crippen molar-refractivity contribution in [3.63, 3.8) is 0 Å². The molecule has 0 radical (unpaired) electrons. The molecule has 2 aromatic rings. The van der Waals surface area contributed by atoms with Gasteiger partial charge in [0.2, 0.25) is 0 Å². The minimum Gasteiger partial charge on any atom is -0.490 e. The van der Waals surface area contributed by atoms with Crippen LogP contribution in [0.5, 0.6) is 11.5 Å². The molecule has 0 fully saturated rings. The zero-order valence-corrected chi connectivity index (χ0v) is 14.2. The number of hydrogen-bond acceptors (Lipinski definition) is 4. The molecule has 2 aromatic carbocycles. The molecule has 2 rings (SSSR count). The topological polar surface area (TPSA) is 67.8 Å². The van der Waals surface area contributed by atoms with Crippen LogP contribution in [0.3, 0.4) is 0 Å². The van der Waals surface area contributed by atoms with E-state index in [0.29, 0.717) is 36.3 Å². The summed E-state index contributed by atoms with van der Waals surface area (Å²) in [5.41, 5.74) is 1.94. The quantitative estimate of drug-likeness (QED) is 0.725. The second kappa shape index (κ2) is 9.15. The van der Waals surface area contributed by atoms with Crippen LogP contribution in [-0.4, -0.2) is 24.2 Å². The van der Waals surface area contributed by atoms with Crippen molar-refractivity contribution in [1.29, 1.82) is 0 Å². The summed E-state index contributed by atoms with van der Waals surface area (Å²) in [6, 6.07) is 13.0. The van der Waals surface area contributed by atoms with Crippen molar-refractivity contribution < 1.29 is 19.4 Å². The van der Waals surface area contributed by atoms with Gasteiger partial charge in [0.05, 0.1) is 13.2 Å². The van der Waals surface area contributed by atoms with E-state index in [0.717, 1.165) is 11.1 Å². The average molecular weight is 350 g/mol. The lowest BCUT2D eigenvalue weighted by Gasteiger charge is -2.14. The second-order valence-electron chi connectivity index (χ2n) is 5.13. The molecule has 2 N–H and O–H groups in total. The van der Waals surface area contributed by atoms with Gasteiger partial charge in [0, 0.05) is 11.6 Å². The molecule has 6 heteroatoms. The summed E-state index contributed by atoms with van der Waals surface area (Å²) in [7, 11) is 0. The van der Waals surface area contributed by atoms with Crippen LogP contribution >= 0.6 is 11.6 Å². The van der Waals surface area contributed by atoms with E-state index < -0.39 is 5.97 Å². The van der Waals surface area contributed by atoms with Crippen LogP contribution in [0.15, 0.2) is 42.5 Å². The monoisotopic (exact) mass is 349 g/mol. The summed E-state index contributed by atoms with van der Waals surface area (Å²) in [6.45, 7) is 3.19. The first-order chi connectivity index (χ1) is 11.6. The standard InChI is InChI=1S/C18H20ClNO4/c1-2-23-17-9-14(10-20-11-18(21)22)5-8-16(17)24-12-13-3-6-15(19)7-4-13/h3-9,20H,2,10-12H2,1H3,(H,21,22). The lowest BCUT2D eigenvalue weighted by Crippen LogP contribution is -2.21. The van der Waals surface area contributed by atoms with Crippen molar-refractivity contribution in [3.8, 4) is 11.5 Å². The lowest BCUT2D eigenvalue weighted by molar-refractivity contribution is -0.135. The molecule has 0 aliphatic carbocycles. The summed E-state index contributed by atoms with van der Waals surface area (Å²) in [5.74, 6) is 0.401. The molecule has 5 nitrogen and oxygen atoms in total. The van der Waals surface area contributed by atoms with Gasteiger partial charge in [0.25, 0.3) is 0 Å². The number of hydrogen-bond donors (Lipinski definition) is 2. The van der Waals surface area contributed by atoms with Crippen molar-refractivity contribution in [2.75, 3.05) is 13.2 Å². The Bertz CT molecular complexity index is 673. The van der Waals surface area contributed by atoms with E-state index in [9.17, 15) is 4.79 Å². The molecule has 0 aliphatic rings. The smallest absolute Gasteiger partial charge is 0.317 e. The van der Waals surface area contributed by atoms with E-state index in [-0.39, 0.29) is 6.54 Å². The van der Waals surface area contributed by atoms with Gasteiger partial charge in [-0.1, -0.05) is 29.8 Å². The highest BCUT2D eigenvalue weighted by molar-refractivity contribution is 6.30. The molecule has 24 heavy (non-hydrogen) atoms. The van der Waals surface area contributed by atoms with Gasteiger partial charge in [-0.25, -0.2) is 0 Å². The molecule has 0 saturated carbocycles. The fraction of sp³-hybridized carbons (Fsp3) is 0.278. The molecule has 128 valence electrons. The largest absolute Gasteiger partial charge is 0.490 e. The fourth-order valence-electron chi connectivity index (χ4n) is 2.11. The number of carboxylic acids is 1. The minimum atomic E-state index is -0.886. The molecular weight excluding hydrogens is 330 g/mol. The van der Waals surface area contributed by atoms with E-state index in [2.05, 4.69) is 5.32 Å². The maximum atomic E-state index is 10.5. The van der Waals surface area contributed by atoms with Crippen LogP contribution in [0.2, 0.25) is 5.02 Å². The van der Waals surface area contributed by atoms with Crippen molar-refractivity contribution in [1.82, 2.24) is 5.32 Å². The van der Waals surface area contributed by atoms with Crippen LogP contribution in [0, 0.1) is 0 Å². The Morgan fingerprint density at radius 3 is 2.46 bits per heavy atom. The van der Waals surface area contributed by atoms with Crippen molar-refractivity contribution in [3.05, 3.63) is 58.6 Å². The molecule has 0 heterocycles. The third-order valence-corrected chi connectivity index (χ3v) is 3.47. The number of benzene rings is 2. The first kappa shape index (κ1) is 18.1. The number of carbonyl (C=O) groups is 1. The van der Waals surface area contributed by atoms with Gasteiger partial charge in [-0.2, -0.15) is 0 Å². The summed E-state index contributed by atoms with van der Waals surface area (Å²) < 4.78 is 11.5. The van der Waals surface area contributed by atoms with E-state index in [1.807, 2.05) is 49.4 Å². The highest BCUT2D eigenvalue weighted by Crippen LogP contribution is 2.29. The Labute approximate surface area is 146 Å². The minimum absolute atomic E-state index is 0.0845. The Balaban J connectivity index is 2.02. The molecule has 0 bridgehead atoms. The normalized spacial score (nSPS) is 10.4. The average Bonchev–Trinajstić information content (AvgIpc) is 2.55. The first-order valence-corrected chi connectivity index (χ1v) is 8.01. The number of carboxylic acid groups (broad SMARTS) is 1. The molecule has 0 spiro atoms. The van der Waals surface area contributed by atoms with Crippen molar-refractivity contribution >= 4 is 17.6 Å². The molecule has 0 aromatic heterocycles. The fourth-order valence-corrected chi connectivity index (χ4v) is 2.23. The van der Waals surface area contributed by atoms with E-state index in [4.69, 9.17) is 26.2 Å². The van der Waals surface area contributed by atoms with Gasteiger partial charge in [-0.15, -0.1) is 0 Å². The Hall–Kier alpha value is -2.24. The number of ether oxygens (including phenoxy) is 2.